The van der Waals surface area contributed by atoms with Crippen LogP contribution in [0.5, 0.6) is 5.75 Å². The molecule has 0 radical (unpaired) electrons. The smallest absolute Gasteiger partial charge is 0.144 e. The number of benzene rings is 1. The number of hydrogen-bond acceptors (Lipinski definition) is 3. The highest BCUT2D eigenvalue weighted by atomic mass is 16.5. The van der Waals surface area contributed by atoms with E-state index in [0.29, 0.717) is 5.41 Å². The van der Waals surface area contributed by atoms with Crippen LogP contribution in [0.25, 0.3) is 0 Å². The summed E-state index contributed by atoms with van der Waals surface area (Å²) in [4.78, 5) is 2.50. The van der Waals surface area contributed by atoms with Crippen LogP contribution in [-0.2, 0) is 0 Å². The summed E-state index contributed by atoms with van der Waals surface area (Å²) in [5.41, 5.74) is 8.70. The molecular weight excluding hydrogens is 260 g/mol. The second-order valence-corrected chi connectivity index (χ2v) is 6.76. The lowest BCUT2D eigenvalue weighted by Crippen LogP contribution is -2.38. The van der Waals surface area contributed by atoms with Crippen molar-refractivity contribution in [2.75, 3.05) is 30.3 Å². The lowest BCUT2D eigenvalue weighted by molar-refractivity contribution is 0.226. The lowest BCUT2D eigenvalue weighted by atomic mass is 9.77. The topological polar surface area (TPSA) is 38.5 Å². The molecule has 1 heterocycles. The summed E-state index contributed by atoms with van der Waals surface area (Å²) < 4.78 is 5.76. The molecule has 1 aliphatic carbocycles. The maximum absolute atomic E-state index is 6.01. The van der Waals surface area contributed by atoms with E-state index < -0.39 is 0 Å². The highest BCUT2D eigenvalue weighted by Crippen LogP contribution is 2.46. The van der Waals surface area contributed by atoms with Crippen LogP contribution < -0.4 is 15.4 Å². The van der Waals surface area contributed by atoms with Gasteiger partial charge in [-0.15, -0.1) is 0 Å². The average Bonchev–Trinajstić information content (AvgIpc) is 2.96. The Morgan fingerprint density at radius 1 is 1.14 bits per heavy atom. The molecular formula is C18H28N2O. The Bertz CT molecular complexity index is 470. The molecule has 0 aromatic heterocycles. The van der Waals surface area contributed by atoms with Gasteiger partial charge in [-0.3, -0.25) is 0 Å². The number of nitrogen functional groups attached to an aromatic ring is 1. The predicted molar refractivity (Wildman–Crippen MR) is 89.0 cm³/mol. The van der Waals surface area contributed by atoms with Crippen molar-refractivity contribution in [1.82, 2.24) is 0 Å². The first-order valence-corrected chi connectivity index (χ1v) is 8.50. The highest BCUT2D eigenvalue weighted by molar-refractivity contribution is 5.62. The summed E-state index contributed by atoms with van der Waals surface area (Å²) in [5, 5.41) is 0. The minimum atomic E-state index is 0.672. The Morgan fingerprint density at radius 3 is 2.52 bits per heavy atom. The fourth-order valence-electron chi connectivity index (χ4n) is 3.92. The largest absolute Gasteiger partial charge is 0.491 e. The van der Waals surface area contributed by atoms with Gasteiger partial charge < -0.3 is 15.4 Å². The zero-order valence-electron chi connectivity index (χ0n) is 13.2. The summed E-state index contributed by atoms with van der Waals surface area (Å²) in [7, 11) is 0. The summed E-state index contributed by atoms with van der Waals surface area (Å²) in [6, 6.07) is 6.25. The SMILES string of the molecule is CCCOc1cc(N2CCC3(CCCC3)CC2)ccc1N. The molecule has 1 aromatic rings. The van der Waals surface area contributed by atoms with Crippen LogP contribution in [0.3, 0.4) is 0 Å². The van der Waals surface area contributed by atoms with Crippen molar-refractivity contribution in [2.45, 2.75) is 51.9 Å². The van der Waals surface area contributed by atoms with E-state index >= 15 is 0 Å². The van der Waals surface area contributed by atoms with Gasteiger partial charge in [0.15, 0.2) is 0 Å². The maximum Gasteiger partial charge on any atom is 0.144 e. The zero-order chi connectivity index (χ0) is 14.7. The number of piperidine rings is 1. The minimum Gasteiger partial charge on any atom is -0.491 e. The van der Waals surface area contributed by atoms with Gasteiger partial charge in [0.2, 0.25) is 0 Å². The molecule has 21 heavy (non-hydrogen) atoms. The van der Waals surface area contributed by atoms with Crippen LogP contribution in [0.15, 0.2) is 18.2 Å². The molecule has 3 nitrogen and oxygen atoms in total. The van der Waals surface area contributed by atoms with Crippen LogP contribution >= 0.6 is 0 Å². The number of rotatable bonds is 4. The van der Waals surface area contributed by atoms with E-state index in [1.54, 1.807) is 0 Å². The molecule has 2 aliphatic rings. The minimum absolute atomic E-state index is 0.672. The number of ether oxygens (including phenoxy) is 1. The molecule has 1 aliphatic heterocycles. The van der Waals surface area contributed by atoms with Crippen LogP contribution in [0.4, 0.5) is 11.4 Å². The third kappa shape index (κ3) is 3.12. The quantitative estimate of drug-likeness (QED) is 0.843. The molecule has 0 bridgehead atoms. The number of nitrogens with two attached hydrogens (primary N) is 1. The van der Waals surface area contributed by atoms with Crippen molar-refractivity contribution in [3.8, 4) is 5.75 Å². The molecule has 1 aromatic carbocycles. The van der Waals surface area contributed by atoms with Crippen molar-refractivity contribution in [3.63, 3.8) is 0 Å². The van der Waals surface area contributed by atoms with Crippen molar-refractivity contribution >= 4 is 11.4 Å². The van der Waals surface area contributed by atoms with Crippen LogP contribution in [-0.4, -0.2) is 19.7 Å². The van der Waals surface area contributed by atoms with Crippen molar-refractivity contribution in [1.29, 1.82) is 0 Å². The molecule has 3 rings (SSSR count). The van der Waals surface area contributed by atoms with Gasteiger partial charge in [-0.2, -0.15) is 0 Å². The first-order chi connectivity index (χ1) is 10.2. The van der Waals surface area contributed by atoms with Gasteiger partial charge in [0.05, 0.1) is 12.3 Å². The van der Waals surface area contributed by atoms with E-state index in [2.05, 4.69) is 24.0 Å². The van der Waals surface area contributed by atoms with Crippen molar-refractivity contribution < 1.29 is 4.74 Å². The fourth-order valence-corrected chi connectivity index (χ4v) is 3.92. The predicted octanol–water partition coefficient (Wildman–Crippen LogP) is 4.22. The van der Waals surface area contributed by atoms with Crippen LogP contribution in [0, 0.1) is 5.41 Å². The molecule has 3 heteroatoms. The van der Waals surface area contributed by atoms with E-state index in [-0.39, 0.29) is 0 Å². The Labute approximate surface area is 128 Å². The third-order valence-electron chi connectivity index (χ3n) is 5.31. The lowest BCUT2D eigenvalue weighted by Gasteiger charge is -2.40. The van der Waals surface area contributed by atoms with Gasteiger partial charge in [0, 0.05) is 24.8 Å². The van der Waals surface area contributed by atoms with Gasteiger partial charge in [0.25, 0.3) is 0 Å². The van der Waals surface area contributed by atoms with Crippen molar-refractivity contribution in [3.05, 3.63) is 18.2 Å². The Hall–Kier alpha value is -1.38. The van der Waals surface area contributed by atoms with Crippen LogP contribution in [0.2, 0.25) is 0 Å². The van der Waals surface area contributed by atoms with E-state index in [1.165, 1.54) is 57.3 Å². The molecule has 0 unspecified atom stereocenters. The monoisotopic (exact) mass is 288 g/mol. The number of hydrogen-bond donors (Lipinski definition) is 1. The van der Waals surface area contributed by atoms with Gasteiger partial charge in [0.1, 0.15) is 5.75 Å². The fraction of sp³-hybridized carbons (Fsp3) is 0.667. The molecule has 1 spiro atoms. The summed E-state index contributed by atoms with van der Waals surface area (Å²) >= 11 is 0. The standard InChI is InChI=1S/C18H28N2O/c1-2-13-21-17-14-15(5-6-16(17)19)20-11-9-18(10-12-20)7-3-4-8-18/h5-6,14H,2-4,7-13,19H2,1H3. The van der Waals surface area contributed by atoms with E-state index in [0.717, 1.165) is 24.5 Å². The summed E-state index contributed by atoms with van der Waals surface area (Å²) in [5.74, 6) is 0.843. The molecule has 116 valence electrons. The Kier molecular flexibility index (Phi) is 4.27. The molecule has 0 atom stereocenters. The second kappa shape index (κ2) is 6.17. The molecule has 2 fully saturated rings. The number of anilines is 2. The zero-order valence-corrected chi connectivity index (χ0v) is 13.2. The third-order valence-corrected chi connectivity index (χ3v) is 5.31. The summed E-state index contributed by atoms with van der Waals surface area (Å²) in [6.07, 6.45) is 9.50. The second-order valence-electron chi connectivity index (χ2n) is 6.76. The molecule has 1 saturated carbocycles. The average molecular weight is 288 g/mol. The van der Waals surface area contributed by atoms with Gasteiger partial charge in [-0.1, -0.05) is 19.8 Å². The van der Waals surface area contributed by atoms with Gasteiger partial charge in [-0.25, -0.2) is 0 Å². The molecule has 0 amide bonds. The first kappa shape index (κ1) is 14.6. The van der Waals surface area contributed by atoms with Gasteiger partial charge >= 0.3 is 0 Å². The number of nitrogens with zero attached hydrogens (tertiary/aromatic N) is 1. The van der Waals surface area contributed by atoms with E-state index in [1.807, 2.05) is 6.07 Å². The van der Waals surface area contributed by atoms with E-state index in [4.69, 9.17) is 10.5 Å². The van der Waals surface area contributed by atoms with Crippen LogP contribution in [0.1, 0.15) is 51.9 Å². The first-order valence-electron chi connectivity index (χ1n) is 8.50. The summed E-state index contributed by atoms with van der Waals surface area (Å²) in [6.45, 7) is 5.21. The Balaban J connectivity index is 1.67. The van der Waals surface area contributed by atoms with Crippen molar-refractivity contribution in [2.24, 2.45) is 5.41 Å². The van der Waals surface area contributed by atoms with Gasteiger partial charge in [-0.05, 0) is 49.7 Å². The normalized spacial score (nSPS) is 20.9. The molecule has 2 N–H and O–H groups in total. The maximum atomic E-state index is 6.01. The Morgan fingerprint density at radius 2 is 1.86 bits per heavy atom. The highest BCUT2D eigenvalue weighted by Gasteiger charge is 2.36. The van der Waals surface area contributed by atoms with E-state index in [9.17, 15) is 0 Å². The molecule has 1 saturated heterocycles.